The molecule has 0 fully saturated rings. The topological polar surface area (TPSA) is 23.8 Å². The van der Waals surface area contributed by atoms with Crippen molar-refractivity contribution in [3.05, 3.63) is 70.8 Å². The predicted octanol–water partition coefficient (Wildman–Crippen LogP) is 4.59. The molecular weight excluding hydrogens is 242 g/mol. The van der Waals surface area contributed by atoms with Crippen molar-refractivity contribution >= 4 is 0 Å². The fraction of sp³-hybridized carbons (Fsp3) is 0.316. The summed E-state index contributed by atoms with van der Waals surface area (Å²) >= 11 is 0. The Morgan fingerprint density at radius 1 is 1.00 bits per heavy atom. The highest BCUT2D eigenvalue weighted by atomic mass is 14.4. The molecule has 2 aromatic carbocycles. The quantitative estimate of drug-likeness (QED) is 0.792. The van der Waals surface area contributed by atoms with Crippen molar-refractivity contribution in [2.45, 2.75) is 38.0 Å². The van der Waals surface area contributed by atoms with Crippen LogP contribution in [-0.4, -0.2) is 0 Å². The molecule has 0 aromatic heterocycles. The standard InChI is InChI=1S/C19H19N/c1-2-3-12-19(14-20)17-10-6-4-8-15(17)13-16-9-5-7-11-18(16)19/h4-11H,2-3,12-13H2,1H3. The van der Waals surface area contributed by atoms with Gasteiger partial charge < -0.3 is 0 Å². The second-order valence-corrected chi connectivity index (χ2v) is 5.61. The zero-order chi connectivity index (χ0) is 14.0. The Bertz CT molecular complexity index is 618. The smallest absolute Gasteiger partial charge is 0.108 e. The molecule has 1 aliphatic carbocycles. The molecule has 0 saturated carbocycles. The van der Waals surface area contributed by atoms with Crippen LogP contribution in [0.4, 0.5) is 0 Å². The summed E-state index contributed by atoms with van der Waals surface area (Å²) in [6, 6.07) is 19.6. The number of rotatable bonds is 3. The SMILES string of the molecule is CCCCC1(C#N)c2ccccc2Cc2ccccc21. The Hall–Kier alpha value is -2.07. The summed E-state index contributed by atoms with van der Waals surface area (Å²) in [4.78, 5) is 0. The van der Waals surface area contributed by atoms with E-state index in [4.69, 9.17) is 0 Å². The summed E-state index contributed by atoms with van der Waals surface area (Å²) < 4.78 is 0. The van der Waals surface area contributed by atoms with Crippen LogP contribution in [0.1, 0.15) is 48.4 Å². The van der Waals surface area contributed by atoms with Crippen molar-refractivity contribution in [2.75, 3.05) is 0 Å². The van der Waals surface area contributed by atoms with E-state index in [1.165, 1.54) is 22.3 Å². The maximum absolute atomic E-state index is 10.0. The first-order chi connectivity index (χ1) is 9.81. The molecule has 2 aromatic rings. The van der Waals surface area contributed by atoms with Crippen molar-refractivity contribution in [1.82, 2.24) is 0 Å². The number of hydrogen-bond acceptors (Lipinski definition) is 1. The van der Waals surface area contributed by atoms with Crippen molar-refractivity contribution < 1.29 is 0 Å². The molecule has 0 amide bonds. The van der Waals surface area contributed by atoms with E-state index in [1.807, 2.05) is 0 Å². The third-order valence-corrected chi connectivity index (χ3v) is 4.43. The van der Waals surface area contributed by atoms with Gasteiger partial charge in [-0.3, -0.25) is 0 Å². The number of nitrogens with zero attached hydrogens (tertiary/aromatic N) is 1. The summed E-state index contributed by atoms with van der Waals surface area (Å²) in [5, 5.41) is 10.0. The number of fused-ring (bicyclic) bond motifs is 2. The fourth-order valence-electron chi connectivity index (χ4n) is 3.42. The molecule has 20 heavy (non-hydrogen) atoms. The van der Waals surface area contributed by atoms with E-state index in [9.17, 15) is 5.26 Å². The van der Waals surface area contributed by atoms with Gasteiger partial charge in [-0.05, 0) is 35.1 Å². The van der Waals surface area contributed by atoms with Gasteiger partial charge in [-0.15, -0.1) is 0 Å². The minimum Gasteiger partial charge on any atom is -0.197 e. The first-order valence-corrected chi connectivity index (χ1v) is 7.40. The number of nitriles is 1. The third-order valence-electron chi connectivity index (χ3n) is 4.43. The first-order valence-electron chi connectivity index (χ1n) is 7.40. The molecule has 0 unspecified atom stereocenters. The average molecular weight is 261 g/mol. The number of unbranched alkanes of at least 4 members (excludes halogenated alkanes) is 1. The van der Waals surface area contributed by atoms with Crippen LogP contribution in [0.25, 0.3) is 0 Å². The van der Waals surface area contributed by atoms with E-state index in [1.54, 1.807) is 0 Å². The Balaban J connectivity index is 2.24. The van der Waals surface area contributed by atoms with Crippen molar-refractivity contribution in [2.24, 2.45) is 0 Å². The van der Waals surface area contributed by atoms with Gasteiger partial charge in [-0.25, -0.2) is 0 Å². The monoisotopic (exact) mass is 261 g/mol. The molecule has 0 atom stereocenters. The maximum Gasteiger partial charge on any atom is 0.108 e. The summed E-state index contributed by atoms with van der Waals surface area (Å²) in [6.07, 6.45) is 4.06. The fourth-order valence-corrected chi connectivity index (χ4v) is 3.42. The van der Waals surface area contributed by atoms with E-state index in [0.29, 0.717) is 0 Å². The molecule has 0 aliphatic heterocycles. The highest BCUT2D eigenvalue weighted by molar-refractivity contribution is 5.57. The summed E-state index contributed by atoms with van der Waals surface area (Å²) in [5.74, 6) is 0. The lowest BCUT2D eigenvalue weighted by Gasteiger charge is -2.35. The normalized spacial score (nSPS) is 15.0. The Kier molecular flexibility index (Phi) is 3.32. The van der Waals surface area contributed by atoms with Gasteiger partial charge in [0.25, 0.3) is 0 Å². The highest BCUT2D eigenvalue weighted by Crippen LogP contribution is 2.44. The minimum absolute atomic E-state index is 0.457. The van der Waals surface area contributed by atoms with Gasteiger partial charge in [0.2, 0.25) is 0 Å². The minimum atomic E-state index is -0.457. The molecule has 0 saturated heterocycles. The van der Waals surface area contributed by atoms with Crippen molar-refractivity contribution in [3.8, 4) is 6.07 Å². The van der Waals surface area contributed by atoms with Crippen LogP contribution in [0.5, 0.6) is 0 Å². The van der Waals surface area contributed by atoms with Crippen LogP contribution >= 0.6 is 0 Å². The largest absolute Gasteiger partial charge is 0.197 e. The van der Waals surface area contributed by atoms with Gasteiger partial charge in [0.05, 0.1) is 6.07 Å². The predicted molar refractivity (Wildman–Crippen MR) is 81.6 cm³/mol. The van der Waals surface area contributed by atoms with Crippen molar-refractivity contribution in [3.63, 3.8) is 0 Å². The highest BCUT2D eigenvalue weighted by Gasteiger charge is 2.39. The van der Waals surface area contributed by atoms with E-state index >= 15 is 0 Å². The van der Waals surface area contributed by atoms with Gasteiger partial charge in [0.1, 0.15) is 5.41 Å². The Morgan fingerprint density at radius 3 is 2.05 bits per heavy atom. The van der Waals surface area contributed by atoms with Crippen LogP contribution in [0.2, 0.25) is 0 Å². The van der Waals surface area contributed by atoms with E-state index in [2.05, 4.69) is 61.5 Å². The number of hydrogen-bond donors (Lipinski definition) is 0. The van der Waals surface area contributed by atoms with Gasteiger partial charge in [0.15, 0.2) is 0 Å². The summed E-state index contributed by atoms with van der Waals surface area (Å²) in [6.45, 7) is 2.19. The summed E-state index contributed by atoms with van der Waals surface area (Å²) in [7, 11) is 0. The maximum atomic E-state index is 10.0. The molecule has 3 rings (SSSR count). The molecule has 0 radical (unpaired) electrons. The lowest BCUT2D eigenvalue weighted by Crippen LogP contribution is -2.32. The van der Waals surface area contributed by atoms with Gasteiger partial charge in [0, 0.05) is 0 Å². The van der Waals surface area contributed by atoms with Crippen molar-refractivity contribution in [1.29, 1.82) is 5.26 Å². The van der Waals surface area contributed by atoms with Crippen LogP contribution in [0.3, 0.4) is 0 Å². The zero-order valence-electron chi connectivity index (χ0n) is 11.9. The molecule has 0 spiro atoms. The Morgan fingerprint density at radius 2 is 1.55 bits per heavy atom. The molecule has 100 valence electrons. The van der Waals surface area contributed by atoms with Crippen LogP contribution in [0.15, 0.2) is 48.5 Å². The lowest BCUT2D eigenvalue weighted by atomic mass is 9.65. The van der Waals surface area contributed by atoms with E-state index < -0.39 is 5.41 Å². The molecular formula is C19H19N. The van der Waals surface area contributed by atoms with Crippen LogP contribution in [-0.2, 0) is 11.8 Å². The first kappa shape index (κ1) is 12.9. The average Bonchev–Trinajstić information content (AvgIpc) is 2.51. The molecule has 1 heteroatoms. The second-order valence-electron chi connectivity index (χ2n) is 5.61. The van der Waals surface area contributed by atoms with E-state index in [0.717, 1.165) is 25.7 Å². The molecule has 0 N–H and O–H groups in total. The van der Waals surface area contributed by atoms with Gasteiger partial charge in [-0.1, -0.05) is 68.3 Å². The van der Waals surface area contributed by atoms with Gasteiger partial charge in [-0.2, -0.15) is 5.26 Å². The molecule has 0 bridgehead atoms. The van der Waals surface area contributed by atoms with Crippen LogP contribution < -0.4 is 0 Å². The lowest BCUT2D eigenvalue weighted by molar-refractivity contribution is 0.539. The molecule has 1 nitrogen and oxygen atoms in total. The Labute approximate surface area is 120 Å². The van der Waals surface area contributed by atoms with Gasteiger partial charge >= 0.3 is 0 Å². The molecule has 0 heterocycles. The molecule has 1 aliphatic rings. The van der Waals surface area contributed by atoms with E-state index in [-0.39, 0.29) is 0 Å². The zero-order valence-corrected chi connectivity index (χ0v) is 11.9. The summed E-state index contributed by atoms with van der Waals surface area (Å²) in [5.41, 5.74) is 4.60. The number of benzene rings is 2. The van der Waals surface area contributed by atoms with Crippen LogP contribution in [0, 0.1) is 11.3 Å². The third kappa shape index (κ3) is 1.84. The second kappa shape index (κ2) is 5.13.